The lowest BCUT2D eigenvalue weighted by Gasteiger charge is -2.27. The zero-order valence-corrected chi connectivity index (χ0v) is 18.1. The molecule has 1 aliphatic heterocycles. The molecule has 32 heavy (non-hydrogen) atoms. The van der Waals surface area contributed by atoms with Gasteiger partial charge in [0, 0.05) is 31.0 Å². The molecule has 2 aromatic heterocycles. The van der Waals surface area contributed by atoms with Crippen molar-refractivity contribution < 1.29 is 9.53 Å². The maximum atomic E-state index is 12.9. The summed E-state index contributed by atoms with van der Waals surface area (Å²) >= 11 is 0. The molecule has 0 spiro atoms. The van der Waals surface area contributed by atoms with Crippen molar-refractivity contribution in [2.75, 3.05) is 13.1 Å². The molecule has 0 saturated heterocycles. The molecule has 160 valence electrons. The molecule has 5 rings (SSSR count). The Balaban J connectivity index is 1.20. The highest BCUT2D eigenvalue weighted by Crippen LogP contribution is 2.23. The molecule has 0 bridgehead atoms. The lowest BCUT2D eigenvalue weighted by atomic mass is 9.99. The van der Waals surface area contributed by atoms with Crippen molar-refractivity contribution in [3.63, 3.8) is 0 Å². The summed E-state index contributed by atoms with van der Waals surface area (Å²) in [6.07, 6.45) is 6.99. The number of hydrogen-bond acceptors (Lipinski definition) is 3. The average Bonchev–Trinajstić information content (AvgIpc) is 3.28. The van der Waals surface area contributed by atoms with Crippen molar-refractivity contribution in [3.05, 3.63) is 108 Å². The molecule has 5 nitrogen and oxygen atoms in total. The van der Waals surface area contributed by atoms with E-state index in [1.165, 1.54) is 11.1 Å². The summed E-state index contributed by atoms with van der Waals surface area (Å²) in [5, 5.41) is 0. The standard InChI is InChI=1S/C27H25N3O2/c1-20-6-5-15-30-18-24(28-26(20)30)19-32-25-11-9-23(10-12-25)27(31)29-16-13-22(14-17-29)21-7-3-2-4-8-21/h2-13,15,18H,14,16-17,19H2,1H3. The number of carbonyl (C=O) groups excluding carboxylic acids is 1. The normalized spacial score (nSPS) is 13.8. The summed E-state index contributed by atoms with van der Waals surface area (Å²) in [4.78, 5) is 19.4. The van der Waals surface area contributed by atoms with Gasteiger partial charge in [-0.3, -0.25) is 4.79 Å². The molecule has 0 fully saturated rings. The minimum Gasteiger partial charge on any atom is -0.487 e. The molecule has 0 N–H and O–H groups in total. The second-order valence-electron chi connectivity index (χ2n) is 8.06. The highest BCUT2D eigenvalue weighted by atomic mass is 16.5. The Morgan fingerprint density at radius 2 is 1.84 bits per heavy atom. The van der Waals surface area contributed by atoms with Crippen LogP contribution in [0.25, 0.3) is 11.2 Å². The number of imidazole rings is 1. The van der Waals surface area contributed by atoms with E-state index in [1.54, 1.807) is 0 Å². The van der Waals surface area contributed by atoms with Crippen LogP contribution in [0.5, 0.6) is 5.75 Å². The van der Waals surface area contributed by atoms with Crippen LogP contribution in [0.2, 0.25) is 0 Å². The van der Waals surface area contributed by atoms with Crippen LogP contribution in [0.3, 0.4) is 0 Å². The van der Waals surface area contributed by atoms with Crippen LogP contribution in [0.15, 0.2) is 85.2 Å². The van der Waals surface area contributed by atoms with Crippen molar-refractivity contribution in [3.8, 4) is 5.75 Å². The van der Waals surface area contributed by atoms with Crippen molar-refractivity contribution in [2.24, 2.45) is 0 Å². The maximum absolute atomic E-state index is 12.9. The van der Waals surface area contributed by atoms with E-state index in [0.29, 0.717) is 18.7 Å². The number of hydrogen-bond donors (Lipinski definition) is 0. The quantitative estimate of drug-likeness (QED) is 0.446. The van der Waals surface area contributed by atoms with E-state index < -0.39 is 0 Å². The van der Waals surface area contributed by atoms with Gasteiger partial charge in [0.1, 0.15) is 18.0 Å². The number of fused-ring (bicyclic) bond motifs is 1. The largest absolute Gasteiger partial charge is 0.487 e. The van der Waals surface area contributed by atoms with Gasteiger partial charge in [-0.1, -0.05) is 42.5 Å². The Morgan fingerprint density at radius 3 is 2.56 bits per heavy atom. The van der Waals surface area contributed by atoms with Crippen LogP contribution < -0.4 is 4.74 Å². The molecule has 0 aliphatic carbocycles. The van der Waals surface area contributed by atoms with Gasteiger partial charge in [0.25, 0.3) is 5.91 Å². The SMILES string of the molecule is Cc1cccn2cc(COc3ccc(C(=O)N4CC=C(c5ccccc5)CC4)cc3)nc12. The minimum atomic E-state index is 0.0516. The van der Waals surface area contributed by atoms with Crippen molar-refractivity contribution in [1.82, 2.24) is 14.3 Å². The summed E-state index contributed by atoms with van der Waals surface area (Å²) in [6.45, 7) is 3.79. The Morgan fingerprint density at radius 1 is 1.03 bits per heavy atom. The summed E-state index contributed by atoms with van der Waals surface area (Å²) < 4.78 is 7.90. The number of aromatic nitrogens is 2. The molecule has 4 aromatic rings. The van der Waals surface area contributed by atoms with E-state index in [1.807, 2.05) is 83.2 Å². The first-order valence-electron chi connectivity index (χ1n) is 10.9. The summed E-state index contributed by atoms with van der Waals surface area (Å²) in [5.74, 6) is 0.774. The Kier molecular flexibility index (Phi) is 5.46. The van der Waals surface area contributed by atoms with Gasteiger partial charge in [-0.05, 0) is 60.4 Å². The van der Waals surface area contributed by atoms with Crippen LogP contribution in [-0.2, 0) is 6.61 Å². The molecule has 1 amide bonds. The van der Waals surface area contributed by atoms with Crippen LogP contribution in [0.1, 0.15) is 33.6 Å². The monoisotopic (exact) mass is 423 g/mol. The fourth-order valence-corrected chi connectivity index (χ4v) is 4.08. The third kappa shape index (κ3) is 4.14. The van der Waals surface area contributed by atoms with Crippen molar-refractivity contribution in [2.45, 2.75) is 20.0 Å². The molecular weight excluding hydrogens is 398 g/mol. The predicted molar refractivity (Wildman–Crippen MR) is 126 cm³/mol. The number of aryl methyl sites for hydroxylation is 1. The highest BCUT2D eigenvalue weighted by Gasteiger charge is 2.19. The van der Waals surface area contributed by atoms with Gasteiger partial charge in [-0.2, -0.15) is 0 Å². The first-order valence-corrected chi connectivity index (χ1v) is 10.9. The fourth-order valence-electron chi connectivity index (χ4n) is 4.08. The van der Waals surface area contributed by atoms with Gasteiger partial charge in [0.15, 0.2) is 0 Å². The number of amides is 1. The molecule has 3 heterocycles. The molecule has 0 saturated carbocycles. The predicted octanol–water partition coefficient (Wildman–Crippen LogP) is 5.15. The van der Waals surface area contributed by atoms with E-state index in [9.17, 15) is 4.79 Å². The van der Waals surface area contributed by atoms with Crippen LogP contribution in [0.4, 0.5) is 0 Å². The highest BCUT2D eigenvalue weighted by molar-refractivity contribution is 5.95. The van der Waals surface area contributed by atoms with Gasteiger partial charge < -0.3 is 14.0 Å². The molecular formula is C27H25N3O2. The molecule has 5 heteroatoms. The van der Waals surface area contributed by atoms with Crippen molar-refractivity contribution >= 4 is 17.1 Å². The average molecular weight is 424 g/mol. The zero-order valence-electron chi connectivity index (χ0n) is 18.1. The number of nitrogens with zero attached hydrogens (tertiary/aromatic N) is 3. The van der Waals surface area contributed by atoms with E-state index in [-0.39, 0.29) is 5.91 Å². The van der Waals surface area contributed by atoms with Crippen LogP contribution >= 0.6 is 0 Å². The topological polar surface area (TPSA) is 46.8 Å². The molecule has 1 aliphatic rings. The third-order valence-electron chi connectivity index (χ3n) is 5.86. The van der Waals surface area contributed by atoms with Gasteiger partial charge in [0.05, 0.1) is 5.69 Å². The number of ether oxygens (including phenoxy) is 1. The Hall–Kier alpha value is -3.86. The molecule has 0 atom stereocenters. The van der Waals surface area contributed by atoms with Gasteiger partial charge in [-0.25, -0.2) is 4.98 Å². The van der Waals surface area contributed by atoms with Crippen molar-refractivity contribution in [1.29, 1.82) is 0 Å². The molecule has 2 aromatic carbocycles. The van der Waals surface area contributed by atoms with E-state index >= 15 is 0 Å². The summed E-state index contributed by atoms with van der Waals surface area (Å²) in [5.41, 5.74) is 6.16. The first kappa shape index (κ1) is 20.1. The smallest absolute Gasteiger partial charge is 0.254 e. The van der Waals surface area contributed by atoms with E-state index in [2.05, 4.69) is 23.2 Å². The second-order valence-corrected chi connectivity index (χ2v) is 8.06. The lowest BCUT2D eigenvalue weighted by molar-refractivity contribution is 0.0773. The fraction of sp³-hybridized carbons (Fsp3) is 0.185. The Bertz CT molecular complexity index is 1270. The van der Waals surface area contributed by atoms with E-state index in [0.717, 1.165) is 35.6 Å². The van der Waals surface area contributed by atoms with Gasteiger partial charge in [-0.15, -0.1) is 0 Å². The third-order valence-corrected chi connectivity index (χ3v) is 5.86. The molecule has 0 unspecified atom stereocenters. The van der Waals surface area contributed by atoms with Crippen LogP contribution in [-0.4, -0.2) is 33.3 Å². The lowest BCUT2D eigenvalue weighted by Crippen LogP contribution is -2.34. The zero-order chi connectivity index (χ0) is 21.9. The Labute approximate surface area is 187 Å². The minimum absolute atomic E-state index is 0.0516. The second kappa shape index (κ2) is 8.71. The van der Waals surface area contributed by atoms with Gasteiger partial charge >= 0.3 is 0 Å². The summed E-state index contributed by atoms with van der Waals surface area (Å²) in [7, 11) is 0. The van der Waals surface area contributed by atoms with Gasteiger partial charge in [0.2, 0.25) is 0 Å². The number of carbonyl (C=O) groups is 1. The van der Waals surface area contributed by atoms with Crippen LogP contribution in [0, 0.1) is 6.92 Å². The number of benzene rings is 2. The summed E-state index contributed by atoms with van der Waals surface area (Å²) in [6, 6.07) is 21.8. The number of pyridine rings is 1. The molecule has 0 radical (unpaired) electrons. The maximum Gasteiger partial charge on any atom is 0.254 e. The number of rotatable bonds is 5. The van der Waals surface area contributed by atoms with E-state index in [4.69, 9.17) is 4.74 Å². The first-order chi connectivity index (χ1) is 15.7.